The van der Waals surface area contributed by atoms with E-state index in [9.17, 15) is 4.79 Å². The first-order valence-electron chi connectivity index (χ1n) is 7.07. The second-order valence-corrected chi connectivity index (χ2v) is 5.73. The van der Waals surface area contributed by atoms with Gasteiger partial charge in [0.05, 0.1) is 11.3 Å². The van der Waals surface area contributed by atoms with Crippen LogP contribution in [0.15, 0.2) is 47.8 Å². The van der Waals surface area contributed by atoms with Crippen molar-refractivity contribution in [3.63, 3.8) is 0 Å². The Morgan fingerprint density at radius 3 is 2.95 bits per heavy atom. The molecule has 1 amide bonds. The van der Waals surface area contributed by atoms with Gasteiger partial charge in [-0.3, -0.25) is 4.79 Å². The maximum Gasteiger partial charge on any atom is 0.234 e. The molecule has 0 saturated carbocycles. The van der Waals surface area contributed by atoms with Crippen molar-refractivity contribution in [2.45, 2.75) is 18.5 Å². The summed E-state index contributed by atoms with van der Waals surface area (Å²) in [5.41, 5.74) is 3.55. The molecule has 2 N–H and O–H groups in total. The van der Waals surface area contributed by atoms with Gasteiger partial charge >= 0.3 is 0 Å². The van der Waals surface area contributed by atoms with Gasteiger partial charge in [0, 0.05) is 11.9 Å². The summed E-state index contributed by atoms with van der Waals surface area (Å²) in [4.78, 5) is 23.7. The van der Waals surface area contributed by atoms with Crippen LogP contribution >= 0.6 is 11.8 Å². The number of pyridine rings is 1. The van der Waals surface area contributed by atoms with Crippen LogP contribution in [0.1, 0.15) is 12.5 Å². The van der Waals surface area contributed by atoms with Gasteiger partial charge in [-0.2, -0.15) is 0 Å². The van der Waals surface area contributed by atoms with Gasteiger partial charge in [0.1, 0.15) is 0 Å². The summed E-state index contributed by atoms with van der Waals surface area (Å²) in [5, 5.41) is 3.65. The number of carbonyl (C=O) groups is 1. The third-order valence-corrected chi connectivity index (χ3v) is 4.12. The summed E-state index contributed by atoms with van der Waals surface area (Å²) < 4.78 is 0. The molecule has 0 radical (unpaired) electrons. The fourth-order valence-corrected chi connectivity index (χ4v) is 2.84. The Morgan fingerprint density at radius 1 is 1.27 bits per heavy atom. The highest BCUT2D eigenvalue weighted by Crippen LogP contribution is 2.19. The number of nitrogens with one attached hydrogen (secondary N) is 2. The number of fused-ring (bicyclic) bond motifs is 1. The van der Waals surface area contributed by atoms with Crippen molar-refractivity contribution in [1.29, 1.82) is 0 Å². The topological polar surface area (TPSA) is 70.7 Å². The first-order chi connectivity index (χ1) is 10.8. The summed E-state index contributed by atoms with van der Waals surface area (Å²) >= 11 is 1.37. The van der Waals surface area contributed by atoms with E-state index in [4.69, 9.17) is 0 Å². The molecule has 0 aliphatic carbocycles. The van der Waals surface area contributed by atoms with E-state index >= 15 is 0 Å². The molecule has 0 unspecified atom stereocenters. The minimum absolute atomic E-state index is 0.0423. The third-order valence-electron chi connectivity index (χ3n) is 3.25. The Labute approximate surface area is 132 Å². The molecule has 3 rings (SSSR count). The van der Waals surface area contributed by atoms with E-state index in [0.29, 0.717) is 16.6 Å². The van der Waals surface area contributed by atoms with E-state index in [1.165, 1.54) is 11.8 Å². The molecule has 1 aromatic carbocycles. The predicted octanol–water partition coefficient (Wildman–Crippen LogP) is 3.25. The minimum Gasteiger partial charge on any atom is -0.332 e. The van der Waals surface area contributed by atoms with E-state index in [1.807, 2.05) is 36.4 Å². The van der Waals surface area contributed by atoms with Crippen LogP contribution in [0, 0.1) is 0 Å². The number of imidazole rings is 1. The Balaban J connectivity index is 1.62. The zero-order valence-electron chi connectivity index (χ0n) is 12.2. The summed E-state index contributed by atoms with van der Waals surface area (Å²) in [7, 11) is 0. The number of rotatable bonds is 5. The predicted molar refractivity (Wildman–Crippen MR) is 89.1 cm³/mol. The van der Waals surface area contributed by atoms with E-state index in [1.54, 1.807) is 6.20 Å². The van der Waals surface area contributed by atoms with E-state index < -0.39 is 0 Å². The molecule has 0 aliphatic heterocycles. The van der Waals surface area contributed by atoms with Crippen molar-refractivity contribution in [1.82, 2.24) is 15.0 Å². The van der Waals surface area contributed by atoms with E-state index in [2.05, 4.69) is 27.2 Å². The average Bonchev–Trinajstić information content (AvgIpc) is 2.96. The summed E-state index contributed by atoms with van der Waals surface area (Å²) in [6.07, 6.45) is 2.59. The van der Waals surface area contributed by atoms with Gasteiger partial charge in [-0.1, -0.05) is 36.9 Å². The monoisotopic (exact) mass is 312 g/mol. The molecule has 0 aliphatic rings. The summed E-state index contributed by atoms with van der Waals surface area (Å²) in [5.74, 6) is 0.261. The Hall–Kier alpha value is -2.34. The number of benzene rings is 1. The normalized spacial score (nSPS) is 10.8. The molecule has 0 fully saturated rings. The molecule has 3 aromatic rings. The lowest BCUT2D eigenvalue weighted by atomic mass is 10.1. The molecule has 112 valence electrons. The van der Waals surface area contributed by atoms with Gasteiger partial charge < -0.3 is 10.3 Å². The van der Waals surface area contributed by atoms with E-state index in [-0.39, 0.29) is 5.91 Å². The van der Waals surface area contributed by atoms with Crippen LogP contribution in [0.3, 0.4) is 0 Å². The van der Waals surface area contributed by atoms with Crippen LogP contribution < -0.4 is 5.32 Å². The van der Waals surface area contributed by atoms with Gasteiger partial charge in [0.2, 0.25) is 5.91 Å². The van der Waals surface area contributed by atoms with Crippen molar-refractivity contribution >= 4 is 34.5 Å². The molecular formula is C16H16N4OS. The van der Waals surface area contributed by atoms with Crippen molar-refractivity contribution in [2.24, 2.45) is 0 Å². The third kappa shape index (κ3) is 3.28. The number of para-hydroxylation sites is 1. The standard InChI is InChI=1S/C16H16N4OS/c1-2-11-6-3-4-7-12(11)18-14(21)10-22-16-19-13-8-5-9-17-15(13)20-16/h3-9H,2,10H2,1H3,(H,18,21)(H,17,19,20). The zero-order chi connectivity index (χ0) is 15.4. The highest BCUT2D eigenvalue weighted by Gasteiger charge is 2.09. The number of H-pyrrole nitrogens is 1. The van der Waals surface area contributed by atoms with E-state index in [0.717, 1.165) is 23.2 Å². The number of hydrogen-bond donors (Lipinski definition) is 2. The van der Waals surface area contributed by atoms with Gasteiger partial charge in [0.15, 0.2) is 10.8 Å². The van der Waals surface area contributed by atoms with Gasteiger partial charge in [-0.25, -0.2) is 9.97 Å². The molecule has 2 heterocycles. The van der Waals surface area contributed by atoms with Crippen molar-refractivity contribution in [3.8, 4) is 0 Å². The number of aryl methyl sites for hydroxylation is 1. The highest BCUT2D eigenvalue weighted by atomic mass is 32.2. The van der Waals surface area contributed by atoms with Crippen molar-refractivity contribution in [3.05, 3.63) is 48.2 Å². The largest absolute Gasteiger partial charge is 0.332 e. The van der Waals surface area contributed by atoms with Crippen LogP contribution in [-0.4, -0.2) is 26.6 Å². The summed E-state index contributed by atoms with van der Waals surface area (Å²) in [6.45, 7) is 2.07. The first-order valence-corrected chi connectivity index (χ1v) is 8.06. The number of aromatic amines is 1. The number of amides is 1. The molecule has 0 saturated heterocycles. The van der Waals surface area contributed by atoms with Gasteiger partial charge in [-0.15, -0.1) is 0 Å². The molecule has 2 aromatic heterocycles. The Kier molecular flexibility index (Phi) is 4.39. The fraction of sp³-hybridized carbons (Fsp3) is 0.188. The molecule has 0 atom stereocenters. The summed E-state index contributed by atoms with van der Waals surface area (Å²) in [6, 6.07) is 11.6. The smallest absolute Gasteiger partial charge is 0.234 e. The quantitative estimate of drug-likeness (QED) is 0.709. The van der Waals surface area contributed by atoms with Crippen LogP contribution in [0.25, 0.3) is 11.2 Å². The minimum atomic E-state index is -0.0423. The molecular weight excluding hydrogens is 296 g/mol. The first kappa shape index (κ1) is 14.6. The lowest BCUT2D eigenvalue weighted by Gasteiger charge is -2.08. The highest BCUT2D eigenvalue weighted by molar-refractivity contribution is 7.99. The fourth-order valence-electron chi connectivity index (χ4n) is 2.16. The van der Waals surface area contributed by atoms with Crippen molar-refractivity contribution in [2.75, 3.05) is 11.1 Å². The molecule has 22 heavy (non-hydrogen) atoms. The molecule has 0 spiro atoms. The lowest BCUT2D eigenvalue weighted by Crippen LogP contribution is -2.15. The maximum absolute atomic E-state index is 12.1. The second kappa shape index (κ2) is 6.62. The van der Waals surface area contributed by atoms with Gasteiger partial charge in [0.25, 0.3) is 0 Å². The van der Waals surface area contributed by atoms with Crippen LogP contribution in [0.2, 0.25) is 0 Å². The number of anilines is 1. The zero-order valence-corrected chi connectivity index (χ0v) is 13.0. The second-order valence-electron chi connectivity index (χ2n) is 4.76. The molecule has 0 bridgehead atoms. The molecule has 5 nitrogen and oxygen atoms in total. The lowest BCUT2D eigenvalue weighted by molar-refractivity contribution is -0.113. The van der Waals surface area contributed by atoms with Crippen LogP contribution in [-0.2, 0) is 11.2 Å². The molecule has 6 heteroatoms. The Morgan fingerprint density at radius 2 is 2.14 bits per heavy atom. The average molecular weight is 312 g/mol. The van der Waals surface area contributed by atoms with Crippen molar-refractivity contribution < 1.29 is 4.79 Å². The number of carbonyl (C=O) groups excluding carboxylic acids is 1. The number of thioether (sulfide) groups is 1. The van der Waals surface area contributed by atoms with Crippen LogP contribution in [0.5, 0.6) is 0 Å². The Bertz CT molecular complexity index is 766. The van der Waals surface area contributed by atoms with Crippen LogP contribution in [0.4, 0.5) is 5.69 Å². The maximum atomic E-state index is 12.1. The number of hydrogen-bond acceptors (Lipinski definition) is 4. The number of nitrogens with zero attached hydrogens (tertiary/aromatic N) is 2. The van der Waals surface area contributed by atoms with Gasteiger partial charge in [-0.05, 0) is 30.2 Å². The SMILES string of the molecule is CCc1ccccc1NC(=O)CSc1nc2ncccc2[nH]1. The number of aromatic nitrogens is 3.